The Morgan fingerprint density at radius 2 is 1.80 bits per heavy atom. The molecule has 1 N–H and O–H groups in total. The molecule has 4 fully saturated rings. The van der Waals surface area contributed by atoms with Gasteiger partial charge in [0.15, 0.2) is 11.6 Å². The molecule has 7 rings (SSSR count). The standard InChI is InChI=1S/C31H33N5O5/c1-34-27-20(28(39)35(2)30(34)41)10-9-19(15-32-27)8-5-17-3-6-18(7-4-17)13-21-23(37)11-12-31-14-22(31)25-26(31)36(25)29(40)33-16-24(21)38/h3-4,6-7,13,15,19,22,25-26H,5,8-12,14,16H2,1-2H3,(H,33,40)/b21-13-. The van der Waals surface area contributed by atoms with Gasteiger partial charge in [-0.1, -0.05) is 24.3 Å². The molecule has 10 nitrogen and oxygen atoms in total. The molecule has 5 aliphatic rings. The molecule has 1 aromatic carbocycles. The lowest BCUT2D eigenvalue weighted by atomic mass is 9.80. The van der Waals surface area contributed by atoms with Crippen LogP contribution in [0.1, 0.15) is 48.8 Å². The van der Waals surface area contributed by atoms with E-state index in [0.29, 0.717) is 36.2 Å². The molecule has 212 valence electrons. The normalized spacial score (nSPS) is 30.8. The van der Waals surface area contributed by atoms with E-state index >= 15 is 0 Å². The number of ketones is 2. The van der Waals surface area contributed by atoms with Gasteiger partial charge in [-0.05, 0) is 73.0 Å². The number of hydrogen-bond acceptors (Lipinski definition) is 6. The quantitative estimate of drug-likeness (QED) is 0.352. The summed E-state index contributed by atoms with van der Waals surface area (Å²) in [6.07, 6.45) is 8.66. The molecule has 5 unspecified atom stereocenters. The summed E-state index contributed by atoms with van der Waals surface area (Å²) in [5.41, 5.74) is 2.07. The van der Waals surface area contributed by atoms with Crippen molar-refractivity contribution >= 4 is 35.7 Å². The average Bonchev–Trinajstić information content (AvgIpc) is 3.85. The zero-order chi connectivity index (χ0) is 28.6. The van der Waals surface area contributed by atoms with Gasteiger partial charge >= 0.3 is 11.7 Å². The molecule has 41 heavy (non-hydrogen) atoms. The van der Waals surface area contributed by atoms with Crippen LogP contribution in [0, 0.1) is 17.3 Å². The smallest absolute Gasteiger partial charge is 0.331 e. The summed E-state index contributed by atoms with van der Waals surface area (Å²) in [5, 5.41) is 2.73. The van der Waals surface area contributed by atoms with Crippen LogP contribution in [-0.2, 0) is 36.5 Å². The molecule has 10 heteroatoms. The van der Waals surface area contributed by atoms with Crippen molar-refractivity contribution in [1.29, 1.82) is 0 Å². The third-order valence-corrected chi connectivity index (χ3v) is 10.1. The van der Waals surface area contributed by atoms with Crippen LogP contribution in [0.15, 0.2) is 44.4 Å². The van der Waals surface area contributed by atoms with Crippen molar-refractivity contribution < 1.29 is 14.4 Å². The largest absolute Gasteiger partial charge is 0.332 e. The number of piperidine rings is 1. The second-order valence-corrected chi connectivity index (χ2v) is 12.3. The lowest BCUT2D eigenvalue weighted by Gasteiger charge is -2.21. The number of carbonyl (C=O) groups is 3. The zero-order valence-corrected chi connectivity index (χ0v) is 23.3. The van der Waals surface area contributed by atoms with Crippen LogP contribution >= 0.6 is 0 Å². The fraction of sp³-hybridized carbons (Fsp3) is 0.484. The van der Waals surface area contributed by atoms with Gasteiger partial charge < -0.3 is 10.2 Å². The average molecular weight is 556 g/mol. The lowest BCUT2D eigenvalue weighted by Crippen LogP contribution is -2.38. The molecule has 3 aliphatic heterocycles. The molecule has 5 atom stereocenters. The molecule has 1 spiro atoms. The summed E-state index contributed by atoms with van der Waals surface area (Å²) in [5.74, 6) is 0.641. The van der Waals surface area contributed by atoms with Gasteiger partial charge in [-0.2, -0.15) is 0 Å². The molecule has 2 amide bonds. The van der Waals surface area contributed by atoms with Gasteiger partial charge in [0.2, 0.25) is 0 Å². The van der Waals surface area contributed by atoms with Crippen molar-refractivity contribution in [3.05, 3.63) is 67.4 Å². The van der Waals surface area contributed by atoms with Gasteiger partial charge in [0, 0.05) is 26.7 Å². The van der Waals surface area contributed by atoms with Crippen molar-refractivity contribution in [3.8, 4) is 0 Å². The molecular weight excluding hydrogens is 522 g/mol. The van der Waals surface area contributed by atoms with Gasteiger partial charge in [0.1, 0.15) is 5.82 Å². The maximum atomic E-state index is 13.2. The molecule has 1 aromatic heterocycles. The lowest BCUT2D eigenvalue weighted by molar-refractivity contribution is -0.121. The van der Waals surface area contributed by atoms with Crippen LogP contribution in [0.2, 0.25) is 0 Å². The number of Topliss-reactive ketones (excluding diaryl/α,β-unsaturated/α-hetero) is 2. The molecule has 2 aromatic rings. The number of carbonyl (C=O) groups excluding carboxylic acids is 3. The van der Waals surface area contributed by atoms with Gasteiger partial charge in [-0.15, -0.1) is 0 Å². The molecule has 0 radical (unpaired) electrons. The third kappa shape index (κ3) is 4.06. The molecule has 2 saturated heterocycles. The molecule has 2 saturated carbocycles. The van der Waals surface area contributed by atoms with Crippen LogP contribution in [-0.4, -0.2) is 56.5 Å². The van der Waals surface area contributed by atoms with E-state index in [2.05, 4.69) is 10.3 Å². The predicted molar refractivity (Wildman–Crippen MR) is 152 cm³/mol. The van der Waals surface area contributed by atoms with Crippen molar-refractivity contribution in [2.75, 3.05) is 6.54 Å². The van der Waals surface area contributed by atoms with E-state index in [-0.39, 0.29) is 58.3 Å². The maximum absolute atomic E-state index is 13.2. The number of rotatable bonds is 4. The van der Waals surface area contributed by atoms with Crippen molar-refractivity contribution in [2.45, 2.75) is 57.0 Å². The Kier molecular flexibility index (Phi) is 5.82. The van der Waals surface area contributed by atoms with E-state index in [4.69, 9.17) is 0 Å². The molecule has 4 heterocycles. The number of nitrogens with zero attached hydrogens (tertiary/aromatic N) is 4. The number of urea groups is 1. The summed E-state index contributed by atoms with van der Waals surface area (Å²) < 4.78 is 2.56. The summed E-state index contributed by atoms with van der Waals surface area (Å²) >= 11 is 0. The number of aliphatic imine (C=N–C) groups is 1. The molecule has 0 bridgehead atoms. The zero-order valence-electron chi connectivity index (χ0n) is 23.3. The Hall–Kier alpha value is -4.08. The fourth-order valence-electron chi connectivity index (χ4n) is 7.53. The van der Waals surface area contributed by atoms with Gasteiger partial charge in [0.05, 0.1) is 29.8 Å². The van der Waals surface area contributed by atoms with E-state index in [1.165, 1.54) is 11.6 Å². The minimum Gasteiger partial charge on any atom is -0.331 e. The van der Waals surface area contributed by atoms with Crippen LogP contribution in [0.3, 0.4) is 0 Å². The van der Waals surface area contributed by atoms with Crippen LogP contribution in [0.25, 0.3) is 6.08 Å². The number of fused-ring (bicyclic) bond motifs is 3. The Morgan fingerprint density at radius 3 is 2.59 bits per heavy atom. The van der Waals surface area contributed by atoms with Gasteiger partial charge in [-0.3, -0.25) is 23.5 Å². The highest BCUT2D eigenvalue weighted by Crippen LogP contribution is 2.80. The van der Waals surface area contributed by atoms with E-state index < -0.39 is 0 Å². The topological polar surface area (TPSA) is 123 Å². The second-order valence-electron chi connectivity index (χ2n) is 12.3. The molecule has 2 aliphatic carbocycles. The number of nitrogens with one attached hydrogen (secondary N) is 1. The summed E-state index contributed by atoms with van der Waals surface area (Å²) in [4.78, 5) is 69.9. The van der Waals surface area contributed by atoms with Crippen molar-refractivity contribution in [2.24, 2.45) is 36.3 Å². The molecular formula is C31H33N5O5. The Morgan fingerprint density at radius 1 is 1.02 bits per heavy atom. The first kappa shape index (κ1) is 25.9. The van der Waals surface area contributed by atoms with E-state index in [1.807, 2.05) is 35.4 Å². The SMILES string of the molecule is Cn1c2c(c(=O)n(C)c1=O)CCC(CCc1ccc(/C=C3/C(=O)CCC45CC4C4C5N4C(=O)NCC3=O)cc1)C=N2. The van der Waals surface area contributed by atoms with Gasteiger partial charge in [-0.25, -0.2) is 14.6 Å². The predicted octanol–water partition coefficient (Wildman–Crippen LogP) is 2.08. The number of benzene rings is 1. The first-order valence-electron chi connectivity index (χ1n) is 14.5. The van der Waals surface area contributed by atoms with Crippen molar-refractivity contribution in [3.63, 3.8) is 0 Å². The van der Waals surface area contributed by atoms with Crippen LogP contribution in [0.5, 0.6) is 0 Å². The maximum Gasteiger partial charge on any atom is 0.332 e. The number of amides is 2. The highest BCUT2D eigenvalue weighted by Gasteiger charge is 2.86. The van der Waals surface area contributed by atoms with Crippen LogP contribution in [0.4, 0.5) is 10.6 Å². The van der Waals surface area contributed by atoms with E-state index in [1.54, 1.807) is 13.1 Å². The summed E-state index contributed by atoms with van der Waals surface area (Å²) in [6.45, 7) is -0.171. The van der Waals surface area contributed by atoms with Crippen molar-refractivity contribution in [1.82, 2.24) is 19.4 Å². The third-order valence-electron chi connectivity index (χ3n) is 10.1. The minimum absolute atomic E-state index is 0.106. The Balaban J connectivity index is 1.01. The Labute approximate surface area is 236 Å². The second kappa shape index (κ2) is 9.22. The first-order chi connectivity index (χ1) is 19.7. The van der Waals surface area contributed by atoms with Crippen LogP contribution < -0.4 is 16.6 Å². The number of aromatic nitrogens is 2. The summed E-state index contributed by atoms with van der Waals surface area (Å²) in [6, 6.07) is 8.22. The fourth-order valence-corrected chi connectivity index (χ4v) is 7.53. The van der Waals surface area contributed by atoms with E-state index in [9.17, 15) is 24.0 Å². The highest BCUT2D eigenvalue weighted by molar-refractivity contribution is 6.24. The minimum atomic E-state index is -0.379. The monoisotopic (exact) mass is 555 g/mol. The van der Waals surface area contributed by atoms with E-state index in [0.717, 1.165) is 47.8 Å². The van der Waals surface area contributed by atoms with Gasteiger partial charge in [0.25, 0.3) is 5.56 Å². The first-order valence-corrected chi connectivity index (χ1v) is 14.5. The summed E-state index contributed by atoms with van der Waals surface area (Å²) in [7, 11) is 3.13. The number of aryl methyl sites for hydroxylation is 1. The highest BCUT2D eigenvalue weighted by atomic mass is 16.2. The number of hydrogen-bond donors (Lipinski definition) is 1. The Bertz CT molecular complexity index is 1680.